The summed E-state index contributed by atoms with van der Waals surface area (Å²) in [7, 11) is 0. The van der Waals surface area contributed by atoms with Crippen LogP contribution in [0.2, 0.25) is 0 Å². The average molecular weight is 534 g/mol. The van der Waals surface area contributed by atoms with Crippen LogP contribution in [-0.2, 0) is 13.2 Å². The third-order valence-corrected chi connectivity index (χ3v) is 6.36. The van der Waals surface area contributed by atoms with E-state index in [0.717, 1.165) is 22.6 Å². The molecular weight excluding hydrogens is 502 g/mol. The molecule has 0 fully saturated rings. The molecule has 3 aromatic carbocycles. The summed E-state index contributed by atoms with van der Waals surface area (Å²) in [6.45, 7) is 6.89. The van der Waals surface area contributed by atoms with Crippen LogP contribution in [0.1, 0.15) is 44.4 Å². The molecule has 202 valence electrons. The van der Waals surface area contributed by atoms with Crippen molar-refractivity contribution in [2.75, 3.05) is 0 Å². The number of hydrogen-bond acceptors (Lipinski definition) is 5. The molecule has 0 aliphatic carbocycles. The summed E-state index contributed by atoms with van der Waals surface area (Å²) in [5, 5.41) is 4.06. The number of carbonyl (C=O) groups excluding carboxylic acids is 1. The van der Waals surface area contributed by atoms with Crippen molar-refractivity contribution in [1.82, 2.24) is 9.99 Å². The highest BCUT2D eigenvalue weighted by Crippen LogP contribution is 2.21. The maximum atomic E-state index is 12.5. The van der Waals surface area contributed by atoms with Crippen molar-refractivity contribution in [3.05, 3.63) is 137 Å². The number of ether oxygens (including phenoxy) is 2. The normalized spacial score (nSPS) is 11.1. The molecule has 0 aliphatic rings. The van der Waals surface area contributed by atoms with E-state index in [9.17, 15) is 4.79 Å². The Bertz CT molecular complexity index is 1610. The Labute approximate surface area is 233 Å². The summed E-state index contributed by atoms with van der Waals surface area (Å²) < 4.78 is 19.6. The van der Waals surface area contributed by atoms with Gasteiger partial charge >= 0.3 is 5.91 Å². The van der Waals surface area contributed by atoms with Gasteiger partial charge in [0.1, 0.15) is 30.5 Å². The van der Waals surface area contributed by atoms with Crippen molar-refractivity contribution >= 4 is 12.1 Å². The van der Waals surface area contributed by atoms with E-state index in [1.807, 2.05) is 60.7 Å². The first-order valence-corrected chi connectivity index (χ1v) is 13.0. The Balaban J connectivity index is 1.11. The van der Waals surface area contributed by atoms with Crippen LogP contribution >= 0.6 is 0 Å². The second-order valence-corrected chi connectivity index (χ2v) is 9.55. The van der Waals surface area contributed by atoms with Crippen LogP contribution in [0.25, 0.3) is 5.69 Å². The molecule has 0 radical (unpaired) electrons. The fourth-order valence-corrected chi connectivity index (χ4v) is 4.37. The third-order valence-electron chi connectivity index (χ3n) is 6.36. The molecule has 2 heterocycles. The van der Waals surface area contributed by atoms with Gasteiger partial charge in [0.2, 0.25) is 0 Å². The van der Waals surface area contributed by atoms with Crippen molar-refractivity contribution in [3.63, 3.8) is 0 Å². The Hall–Kier alpha value is -5.04. The number of amides is 1. The number of furan rings is 1. The van der Waals surface area contributed by atoms with Crippen LogP contribution in [0.3, 0.4) is 0 Å². The zero-order valence-corrected chi connectivity index (χ0v) is 22.8. The summed E-state index contributed by atoms with van der Waals surface area (Å²) in [6.07, 6.45) is 1.56. The Kier molecular flexibility index (Phi) is 8.11. The van der Waals surface area contributed by atoms with E-state index in [2.05, 4.69) is 60.1 Å². The summed E-state index contributed by atoms with van der Waals surface area (Å²) in [5.74, 6) is 1.67. The molecule has 5 aromatic rings. The molecule has 1 N–H and O–H groups in total. The molecule has 1 amide bonds. The van der Waals surface area contributed by atoms with Gasteiger partial charge in [-0.2, -0.15) is 5.10 Å². The lowest BCUT2D eigenvalue weighted by Gasteiger charge is -2.10. The summed E-state index contributed by atoms with van der Waals surface area (Å²) in [6, 6.07) is 31.1. The number of aromatic nitrogens is 1. The van der Waals surface area contributed by atoms with Gasteiger partial charge in [0.05, 0.1) is 6.21 Å². The molecule has 40 heavy (non-hydrogen) atoms. The van der Waals surface area contributed by atoms with Crippen LogP contribution < -0.4 is 14.9 Å². The van der Waals surface area contributed by atoms with Gasteiger partial charge in [-0.3, -0.25) is 4.79 Å². The third kappa shape index (κ3) is 6.69. The minimum atomic E-state index is -0.448. The molecule has 0 unspecified atom stereocenters. The molecule has 2 aromatic heterocycles. The number of nitrogens with one attached hydrogen (secondary N) is 1. The molecule has 0 saturated heterocycles. The number of carbonyl (C=O) groups is 1. The van der Waals surface area contributed by atoms with Gasteiger partial charge in [-0.05, 0) is 92.6 Å². The molecule has 7 nitrogen and oxygen atoms in total. The maximum absolute atomic E-state index is 12.5. The van der Waals surface area contributed by atoms with E-state index < -0.39 is 5.91 Å². The molecule has 0 bridgehead atoms. The molecule has 0 aliphatic heterocycles. The minimum Gasteiger partial charge on any atom is -0.489 e. The lowest BCUT2D eigenvalue weighted by Crippen LogP contribution is -2.16. The first-order chi connectivity index (χ1) is 19.4. The Morgan fingerprint density at radius 1 is 0.825 bits per heavy atom. The second-order valence-electron chi connectivity index (χ2n) is 9.55. The molecule has 0 saturated carbocycles. The average Bonchev–Trinajstić information content (AvgIpc) is 3.57. The van der Waals surface area contributed by atoms with Crippen molar-refractivity contribution in [1.29, 1.82) is 0 Å². The van der Waals surface area contributed by atoms with Crippen LogP contribution in [0.5, 0.6) is 11.5 Å². The smallest absolute Gasteiger partial charge is 0.307 e. The van der Waals surface area contributed by atoms with Crippen molar-refractivity contribution in [2.45, 2.75) is 34.0 Å². The highest BCUT2D eigenvalue weighted by Gasteiger charge is 2.11. The number of hydrazone groups is 1. The van der Waals surface area contributed by atoms with Gasteiger partial charge in [-0.15, -0.1) is 0 Å². The minimum absolute atomic E-state index is 0.153. The molecule has 7 heteroatoms. The van der Waals surface area contributed by atoms with E-state index >= 15 is 0 Å². The van der Waals surface area contributed by atoms with Gasteiger partial charge in [0, 0.05) is 17.1 Å². The number of aryl methyl sites for hydroxylation is 3. The highest BCUT2D eigenvalue weighted by molar-refractivity contribution is 5.92. The lowest BCUT2D eigenvalue weighted by molar-refractivity contribution is 0.0923. The monoisotopic (exact) mass is 533 g/mol. The van der Waals surface area contributed by atoms with E-state index in [0.29, 0.717) is 18.1 Å². The quantitative estimate of drug-likeness (QED) is 0.156. The van der Waals surface area contributed by atoms with E-state index in [-0.39, 0.29) is 12.4 Å². The number of nitrogens with zero attached hydrogens (tertiary/aromatic N) is 2. The van der Waals surface area contributed by atoms with E-state index in [1.54, 1.807) is 18.3 Å². The summed E-state index contributed by atoms with van der Waals surface area (Å²) in [4.78, 5) is 12.5. The van der Waals surface area contributed by atoms with Crippen LogP contribution in [0, 0.1) is 20.8 Å². The topological polar surface area (TPSA) is 78.0 Å². The van der Waals surface area contributed by atoms with Crippen molar-refractivity contribution in [2.24, 2.45) is 5.10 Å². The SMILES string of the molecule is Cc1cccc(COc2cccc(/C=N/NC(=O)c3ccc(COc4ccc(-n5c(C)ccc5C)cc4)o3)c2)c1. The predicted octanol–water partition coefficient (Wildman–Crippen LogP) is 6.92. The Morgan fingerprint density at radius 2 is 1.57 bits per heavy atom. The zero-order valence-electron chi connectivity index (χ0n) is 22.8. The van der Waals surface area contributed by atoms with Gasteiger partial charge in [0.15, 0.2) is 5.76 Å². The Morgan fingerprint density at radius 3 is 2.35 bits per heavy atom. The van der Waals surface area contributed by atoms with Crippen LogP contribution in [0.4, 0.5) is 0 Å². The standard InChI is InChI=1S/C33H31N3O4/c1-23-6-4-8-27(18-23)21-38-30-9-5-7-26(19-30)20-34-35-33(37)32-17-16-31(40-32)22-39-29-14-12-28(13-15-29)36-24(2)10-11-25(36)3/h4-20H,21-22H2,1-3H3,(H,35,37)/b34-20+. The van der Waals surface area contributed by atoms with E-state index in [1.165, 1.54) is 17.0 Å². The number of hydrogen-bond donors (Lipinski definition) is 1. The largest absolute Gasteiger partial charge is 0.489 e. The van der Waals surface area contributed by atoms with Gasteiger partial charge < -0.3 is 18.5 Å². The maximum Gasteiger partial charge on any atom is 0.307 e. The zero-order chi connectivity index (χ0) is 27.9. The lowest BCUT2D eigenvalue weighted by atomic mass is 10.1. The first kappa shape index (κ1) is 26.6. The molecular formula is C33H31N3O4. The fraction of sp³-hybridized carbons (Fsp3) is 0.152. The van der Waals surface area contributed by atoms with Gasteiger partial charge in [-0.1, -0.05) is 42.0 Å². The highest BCUT2D eigenvalue weighted by atomic mass is 16.5. The number of benzene rings is 3. The van der Waals surface area contributed by atoms with Gasteiger partial charge in [0.25, 0.3) is 0 Å². The van der Waals surface area contributed by atoms with Crippen molar-refractivity contribution < 1.29 is 18.7 Å². The predicted molar refractivity (Wildman–Crippen MR) is 155 cm³/mol. The fourth-order valence-electron chi connectivity index (χ4n) is 4.37. The molecule has 0 spiro atoms. The van der Waals surface area contributed by atoms with Crippen molar-refractivity contribution in [3.8, 4) is 17.2 Å². The van der Waals surface area contributed by atoms with Crippen LogP contribution in [0.15, 0.2) is 107 Å². The second kappa shape index (κ2) is 12.2. The van der Waals surface area contributed by atoms with E-state index in [4.69, 9.17) is 13.9 Å². The summed E-state index contributed by atoms with van der Waals surface area (Å²) in [5.41, 5.74) is 9.01. The number of rotatable bonds is 10. The molecule has 5 rings (SSSR count). The van der Waals surface area contributed by atoms with Crippen LogP contribution in [-0.4, -0.2) is 16.7 Å². The molecule has 0 atom stereocenters. The van der Waals surface area contributed by atoms with Gasteiger partial charge in [-0.25, -0.2) is 5.43 Å². The first-order valence-electron chi connectivity index (χ1n) is 13.0. The summed E-state index contributed by atoms with van der Waals surface area (Å²) >= 11 is 0.